The van der Waals surface area contributed by atoms with Crippen molar-refractivity contribution in [3.8, 4) is 0 Å². The minimum Gasteiger partial charge on any atom is -0.370 e. The first-order valence-electron chi connectivity index (χ1n) is 10.8. The van der Waals surface area contributed by atoms with E-state index >= 15 is 0 Å². The minimum absolute atomic E-state index is 0.0191. The van der Waals surface area contributed by atoms with E-state index in [1.54, 1.807) is 30.3 Å². The number of likely N-dealkylation sites (tertiary alicyclic amines) is 1. The Labute approximate surface area is 195 Å². The van der Waals surface area contributed by atoms with Gasteiger partial charge < -0.3 is 11.1 Å². The van der Waals surface area contributed by atoms with Gasteiger partial charge in [0.2, 0.25) is 23.6 Å². The molecule has 0 saturated carbocycles. The average Bonchev–Trinajstić information content (AvgIpc) is 3.35. The first kappa shape index (κ1) is 21.6. The van der Waals surface area contributed by atoms with Gasteiger partial charge in [-0.25, -0.2) is 0 Å². The highest BCUT2D eigenvalue weighted by atomic mass is 35.5. The molecular formula is C24H23ClN4O4. The van der Waals surface area contributed by atoms with Crippen LogP contribution in [-0.2, 0) is 31.3 Å². The van der Waals surface area contributed by atoms with Gasteiger partial charge >= 0.3 is 0 Å². The summed E-state index contributed by atoms with van der Waals surface area (Å²) in [5.74, 6) is -3.42. The summed E-state index contributed by atoms with van der Waals surface area (Å²) < 4.78 is 0. The van der Waals surface area contributed by atoms with Crippen molar-refractivity contribution in [3.05, 3.63) is 64.2 Å². The smallest absolute Gasteiger partial charge is 0.250 e. The van der Waals surface area contributed by atoms with E-state index in [2.05, 4.69) is 10.6 Å². The van der Waals surface area contributed by atoms with Gasteiger partial charge in [0.1, 0.15) is 5.54 Å². The van der Waals surface area contributed by atoms with Crippen LogP contribution in [-0.4, -0.2) is 34.6 Å². The van der Waals surface area contributed by atoms with Crippen LogP contribution in [0.3, 0.4) is 0 Å². The lowest BCUT2D eigenvalue weighted by Crippen LogP contribution is -2.53. The zero-order valence-electron chi connectivity index (χ0n) is 17.9. The summed E-state index contributed by atoms with van der Waals surface area (Å²) in [6.45, 7) is 1.89. The topological polar surface area (TPSA) is 122 Å². The molecule has 0 bridgehead atoms. The number of nitrogens with two attached hydrogens (primary N) is 1. The van der Waals surface area contributed by atoms with E-state index in [1.807, 2.05) is 19.1 Å². The second kappa shape index (κ2) is 7.67. The summed E-state index contributed by atoms with van der Waals surface area (Å²) in [6, 6.07) is 12.0. The van der Waals surface area contributed by atoms with Gasteiger partial charge in [-0.2, -0.15) is 0 Å². The number of nitrogens with zero attached hydrogens (tertiary/aromatic N) is 1. The molecule has 3 heterocycles. The van der Waals surface area contributed by atoms with Gasteiger partial charge in [0.25, 0.3) is 0 Å². The number of nitrogens with one attached hydrogen (secondary N) is 2. The molecule has 2 saturated heterocycles. The van der Waals surface area contributed by atoms with Gasteiger partial charge in [0.05, 0.1) is 18.4 Å². The third-order valence-corrected chi connectivity index (χ3v) is 7.41. The summed E-state index contributed by atoms with van der Waals surface area (Å²) in [5.41, 5.74) is 6.76. The van der Waals surface area contributed by atoms with Gasteiger partial charge in [0.15, 0.2) is 0 Å². The van der Waals surface area contributed by atoms with E-state index in [1.165, 1.54) is 4.90 Å². The number of imide groups is 1. The number of anilines is 1. The molecule has 4 amide bonds. The zero-order valence-corrected chi connectivity index (χ0v) is 18.7. The Morgan fingerprint density at radius 3 is 2.61 bits per heavy atom. The highest BCUT2D eigenvalue weighted by Gasteiger charge is 2.70. The summed E-state index contributed by atoms with van der Waals surface area (Å²) in [5, 5.41) is 6.66. The van der Waals surface area contributed by atoms with Crippen LogP contribution in [0.1, 0.15) is 29.5 Å². The molecule has 9 heteroatoms. The van der Waals surface area contributed by atoms with Crippen LogP contribution in [0.2, 0.25) is 5.02 Å². The number of hydrogen-bond acceptors (Lipinski definition) is 5. The largest absolute Gasteiger partial charge is 0.370 e. The van der Waals surface area contributed by atoms with Crippen LogP contribution in [0, 0.1) is 18.8 Å². The molecule has 0 radical (unpaired) electrons. The molecule has 1 spiro atoms. The van der Waals surface area contributed by atoms with Gasteiger partial charge in [-0.1, -0.05) is 48.0 Å². The number of primary amides is 1. The Balaban J connectivity index is 1.60. The number of hydrogen-bond donors (Lipinski definition) is 3. The molecule has 2 aromatic carbocycles. The van der Waals surface area contributed by atoms with Gasteiger partial charge in [-0.15, -0.1) is 0 Å². The Bertz CT molecular complexity index is 1210. The monoisotopic (exact) mass is 466 g/mol. The SMILES string of the molecule is Cc1cccc2c1NC(=O)C21NC(CCC(N)=O)[C@H]2C(=O)N(Cc3ccccc3Cl)C(=O)[C@H]21. The van der Waals surface area contributed by atoms with Gasteiger partial charge in [-0.3, -0.25) is 29.4 Å². The molecule has 2 aromatic rings. The number of aryl methyl sites for hydroxylation is 1. The Kier molecular flexibility index (Phi) is 5.02. The fraction of sp³-hybridized carbons (Fsp3) is 0.333. The van der Waals surface area contributed by atoms with Crippen molar-refractivity contribution in [2.75, 3.05) is 5.32 Å². The first-order valence-corrected chi connectivity index (χ1v) is 11.2. The van der Waals surface area contributed by atoms with Crippen molar-refractivity contribution in [2.45, 2.75) is 37.9 Å². The number of carbonyl (C=O) groups excluding carboxylic acids is 4. The summed E-state index contributed by atoms with van der Waals surface area (Å²) in [4.78, 5) is 53.4. The molecule has 4 N–H and O–H groups in total. The summed E-state index contributed by atoms with van der Waals surface area (Å²) in [7, 11) is 0. The normalized spacial score (nSPS) is 27.8. The molecular weight excluding hydrogens is 444 g/mol. The molecule has 2 unspecified atom stereocenters. The molecule has 0 aliphatic carbocycles. The Morgan fingerprint density at radius 2 is 1.88 bits per heavy atom. The van der Waals surface area contributed by atoms with Crippen molar-refractivity contribution in [3.63, 3.8) is 0 Å². The predicted molar refractivity (Wildman–Crippen MR) is 121 cm³/mol. The molecule has 33 heavy (non-hydrogen) atoms. The highest BCUT2D eigenvalue weighted by molar-refractivity contribution is 6.31. The van der Waals surface area contributed by atoms with Crippen molar-refractivity contribution < 1.29 is 19.2 Å². The number of halogens is 1. The van der Waals surface area contributed by atoms with Crippen LogP contribution in [0.4, 0.5) is 5.69 Å². The van der Waals surface area contributed by atoms with E-state index in [-0.39, 0.29) is 31.2 Å². The number of carbonyl (C=O) groups is 4. The maximum atomic E-state index is 13.7. The zero-order chi connectivity index (χ0) is 23.5. The third kappa shape index (κ3) is 3.08. The van der Waals surface area contributed by atoms with E-state index in [0.29, 0.717) is 21.8 Å². The lowest BCUT2D eigenvalue weighted by molar-refractivity contribution is -0.143. The predicted octanol–water partition coefficient (Wildman–Crippen LogP) is 1.83. The average molecular weight is 467 g/mol. The quantitative estimate of drug-likeness (QED) is 0.580. The number of rotatable bonds is 5. The lowest BCUT2D eigenvalue weighted by atomic mass is 9.76. The molecule has 170 valence electrons. The van der Waals surface area contributed by atoms with Crippen LogP contribution in [0.15, 0.2) is 42.5 Å². The van der Waals surface area contributed by atoms with E-state index in [4.69, 9.17) is 17.3 Å². The molecule has 2 fully saturated rings. The van der Waals surface area contributed by atoms with Crippen molar-refractivity contribution >= 4 is 40.9 Å². The maximum Gasteiger partial charge on any atom is 0.250 e. The summed E-state index contributed by atoms with van der Waals surface area (Å²) in [6.07, 6.45) is 0.275. The van der Waals surface area contributed by atoms with E-state index < -0.39 is 35.2 Å². The Hall–Kier alpha value is -3.23. The third-order valence-electron chi connectivity index (χ3n) is 7.04. The van der Waals surface area contributed by atoms with Crippen LogP contribution in [0.25, 0.3) is 0 Å². The fourth-order valence-electron chi connectivity index (χ4n) is 5.53. The molecule has 3 aliphatic heterocycles. The fourth-order valence-corrected chi connectivity index (χ4v) is 5.73. The standard InChI is InChI=1S/C24H23ClN4O4/c1-12-5-4-7-14-20(12)27-23(33)24(14)19-18(16(28-24)9-10-17(26)30)21(31)29(22(19)32)11-13-6-2-3-8-15(13)25/h2-8,16,18-19,28H,9-11H2,1H3,(H2,26,30)(H,27,33)/t16?,18-,19+,24?/m1/s1. The number of benzene rings is 2. The van der Waals surface area contributed by atoms with Crippen molar-refractivity contribution in [1.29, 1.82) is 0 Å². The number of fused-ring (bicyclic) bond motifs is 4. The second-order valence-electron chi connectivity index (χ2n) is 8.87. The molecule has 3 aliphatic rings. The first-order chi connectivity index (χ1) is 15.8. The van der Waals surface area contributed by atoms with Crippen LogP contribution < -0.4 is 16.4 Å². The molecule has 5 rings (SSSR count). The van der Waals surface area contributed by atoms with Crippen molar-refractivity contribution in [1.82, 2.24) is 10.2 Å². The molecule has 0 aromatic heterocycles. The van der Waals surface area contributed by atoms with Gasteiger partial charge in [-0.05, 0) is 30.5 Å². The molecule has 8 nitrogen and oxygen atoms in total. The second-order valence-corrected chi connectivity index (χ2v) is 9.28. The minimum atomic E-state index is -1.39. The maximum absolute atomic E-state index is 13.7. The molecule has 4 atom stereocenters. The number of amides is 4. The van der Waals surface area contributed by atoms with Crippen LogP contribution >= 0.6 is 11.6 Å². The van der Waals surface area contributed by atoms with E-state index in [0.717, 1.165) is 5.56 Å². The van der Waals surface area contributed by atoms with Crippen molar-refractivity contribution in [2.24, 2.45) is 17.6 Å². The van der Waals surface area contributed by atoms with Crippen LogP contribution in [0.5, 0.6) is 0 Å². The highest BCUT2D eigenvalue weighted by Crippen LogP contribution is 2.54. The lowest BCUT2D eigenvalue weighted by Gasteiger charge is -2.29. The number of para-hydroxylation sites is 1. The van der Waals surface area contributed by atoms with E-state index in [9.17, 15) is 19.2 Å². The van der Waals surface area contributed by atoms with Gasteiger partial charge in [0, 0.05) is 28.7 Å². The summed E-state index contributed by atoms with van der Waals surface area (Å²) >= 11 is 6.28. The Morgan fingerprint density at radius 1 is 1.12 bits per heavy atom.